The molecule has 5 N–H and O–H groups in total. The third-order valence-corrected chi connectivity index (χ3v) is 0.644. The molecule has 0 aliphatic heterocycles. The van der Waals surface area contributed by atoms with Crippen LogP contribution >= 0.6 is 7.82 Å². The summed E-state index contributed by atoms with van der Waals surface area (Å²) < 4.78 is 8.88. The van der Waals surface area contributed by atoms with Crippen molar-refractivity contribution >= 4 is 7.82 Å². The summed E-state index contributed by atoms with van der Waals surface area (Å²) in [5.41, 5.74) is 5.29. The van der Waals surface area contributed by atoms with Gasteiger partial charge in [0.1, 0.15) is 0 Å². The summed E-state index contributed by atoms with van der Waals surface area (Å²) in [5.74, 6) is 0. The summed E-state index contributed by atoms with van der Waals surface area (Å²) in [5, 5.41) is 0. The normalized spacial score (nSPS) is 13.4. The van der Waals surface area contributed by atoms with Crippen molar-refractivity contribution in [3.8, 4) is 0 Å². The number of nitrogens with two attached hydrogens (primary N) is 1. The number of hydrogen-bond donors (Lipinski definition) is 4. The van der Waals surface area contributed by atoms with Crippen molar-refractivity contribution in [2.75, 3.05) is 0 Å². The van der Waals surface area contributed by atoms with Crippen LogP contribution in [0.25, 0.3) is 0 Å². The van der Waals surface area contributed by atoms with Gasteiger partial charge in [0.05, 0.1) is 0 Å². The Morgan fingerprint density at radius 1 is 1.50 bits per heavy atom. The number of rotatable bonds is 1. The van der Waals surface area contributed by atoms with E-state index in [1.54, 1.807) is 0 Å². The Morgan fingerprint density at radius 3 is 1.60 bits per heavy atom. The molecule has 0 bridgehead atoms. The van der Waals surface area contributed by atoms with Crippen LogP contribution < -0.4 is 5.73 Å². The molecule has 0 fully saturated rings. The molecule has 1 unspecified atom stereocenters. The van der Waals surface area contributed by atoms with E-state index in [0.29, 0.717) is 6.04 Å². The topological polar surface area (TPSA) is 104 Å². The van der Waals surface area contributed by atoms with Crippen molar-refractivity contribution in [3.63, 3.8) is 0 Å². The van der Waals surface area contributed by atoms with E-state index in [-0.39, 0.29) is 0 Å². The van der Waals surface area contributed by atoms with Gasteiger partial charge in [0.15, 0.2) is 0 Å². The summed E-state index contributed by atoms with van der Waals surface area (Å²) in [6, 6.07) is 0.384. The lowest BCUT2D eigenvalue weighted by Gasteiger charge is -1.91. The molecule has 0 amide bonds. The van der Waals surface area contributed by atoms with Gasteiger partial charge in [0.25, 0.3) is 0 Å². The van der Waals surface area contributed by atoms with Crippen LogP contribution in [0.3, 0.4) is 0 Å². The van der Waals surface area contributed by atoms with E-state index in [2.05, 4.69) is 6.92 Å². The molecular weight excluding hydrogens is 157 g/mol. The van der Waals surface area contributed by atoms with Crippen molar-refractivity contribution in [2.24, 2.45) is 5.73 Å². The van der Waals surface area contributed by atoms with Gasteiger partial charge in [-0.25, -0.2) is 4.57 Å². The maximum atomic E-state index is 8.88. The van der Waals surface area contributed by atoms with Crippen molar-refractivity contribution in [3.05, 3.63) is 0 Å². The van der Waals surface area contributed by atoms with E-state index in [1.165, 1.54) is 0 Å². The predicted octanol–water partition coefficient (Wildman–Crippen LogP) is -0.185. The first-order chi connectivity index (χ1) is 4.27. The average Bonchev–Trinajstić information content (AvgIpc) is 1.61. The third-order valence-electron chi connectivity index (χ3n) is 0.644. The van der Waals surface area contributed by atoms with Gasteiger partial charge in [-0.1, -0.05) is 6.92 Å². The van der Waals surface area contributed by atoms with Crippen LogP contribution in [-0.2, 0) is 4.57 Å². The molecule has 5 nitrogen and oxygen atoms in total. The van der Waals surface area contributed by atoms with E-state index in [9.17, 15) is 0 Å². The number of hydrogen-bond acceptors (Lipinski definition) is 2. The van der Waals surface area contributed by atoms with Crippen molar-refractivity contribution in [1.29, 1.82) is 0 Å². The lowest BCUT2D eigenvalue weighted by atomic mass is 10.3. The standard InChI is InChI=1S/C4H11N.H3O4P/c1-3-4(2)5;1-5(2,3)4/h4H,3,5H2,1-2H3;(H3,1,2,3,4). The monoisotopic (exact) mass is 171 g/mol. The van der Waals surface area contributed by atoms with Gasteiger partial charge in [-0.3, -0.25) is 0 Å². The summed E-state index contributed by atoms with van der Waals surface area (Å²) in [4.78, 5) is 21.6. The fourth-order valence-electron chi connectivity index (χ4n) is 0. The first-order valence-corrected chi connectivity index (χ1v) is 4.37. The molecule has 0 radical (unpaired) electrons. The Balaban J connectivity index is 0. The molecule has 0 rings (SSSR count). The predicted molar refractivity (Wildman–Crippen MR) is 38.2 cm³/mol. The van der Waals surface area contributed by atoms with Crippen LogP contribution in [0.2, 0.25) is 0 Å². The number of phosphoric acid groups is 1. The largest absolute Gasteiger partial charge is 0.466 e. The van der Waals surface area contributed by atoms with E-state index in [0.717, 1.165) is 6.42 Å². The second kappa shape index (κ2) is 5.82. The SMILES string of the molecule is CCC(C)N.O=P(O)(O)O. The zero-order valence-corrected chi connectivity index (χ0v) is 6.95. The molecule has 0 aromatic heterocycles. The Kier molecular flexibility index (Phi) is 7.41. The summed E-state index contributed by atoms with van der Waals surface area (Å²) in [6.45, 7) is 4.07. The van der Waals surface area contributed by atoms with Crippen molar-refractivity contribution in [2.45, 2.75) is 26.3 Å². The van der Waals surface area contributed by atoms with E-state index in [4.69, 9.17) is 25.0 Å². The first kappa shape index (κ1) is 12.7. The summed E-state index contributed by atoms with van der Waals surface area (Å²) >= 11 is 0. The summed E-state index contributed by atoms with van der Waals surface area (Å²) in [6.07, 6.45) is 1.08. The highest BCUT2D eigenvalue weighted by atomic mass is 31.2. The Hall–Kier alpha value is 0.0700. The lowest BCUT2D eigenvalue weighted by molar-refractivity contribution is 0.275. The zero-order valence-electron chi connectivity index (χ0n) is 6.06. The second-order valence-electron chi connectivity index (χ2n) is 1.90. The van der Waals surface area contributed by atoms with Crippen molar-refractivity contribution in [1.82, 2.24) is 0 Å². The molecule has 0 aliphatic carbocycles. The lowest BCUT2D eigenvalue weighted by Crippen LogP contribution is -2.11. The van der Waals surface area contributed by atoms with Crippen LogP contribution in [0, 0.1) is 0 Å². The van der Waals surface area contributed by atoms with Gasteiger partial charge < -0.3 is 20.4 Å². The first-order valence-electron chi connectivity index (χ1n) is 2.81. The van der Waals surface area contributed by atoms with Crippen LogP contribution in [-0.4, -0.2) is 20.7 Å². The van der Waals surface area contributed by atoms with Crippen LogP contribution in [0.1, 0.15) is 20.3 Å². The van der Waals surface area contributed by atoms with Gasteiger partial charge in [-0.2, -0.15) is 0 Å². The van der Waals surface area contributed by atoms with Gasteiger partial charge >= 0.3 is 7.82 Å². The fraction of sp³-hybridized carbons (Fsp3) is 1.00. The molecule has 0 spiro atoms. The molecular formula is C4H14NO4P. The van der Waals surface area contributed by atoms with Crippen LogP contribution in [0.15, 0.2) is 0 Å². The molecule has 0 saturated heterocycles. The average molecular weight is 171 g/mol. The fourth-order valence-corrected chi connectivity index (χ4v) is 0. The summed E-state index contributed by atoms with van der Waals surface area (Å²) in [7, 11) is -4.64. The smallest absolute Gasteiger partial charge is 0.328 e. The van der Waals surface area contributed by atoms with E-state index >= 15 is 0 Å². The van der Waals surface area contributed by atoms with Crippen molar-refractivity contribution < 1.29 is 19.2 Å². The van der Waals surface area contributed by atoms with E-state index in [1.807, 2.05) is 6.92 Å². The minimum atomic E-state index is -4.64. The third kappa shape index (κ3) is 94.1. The van der Waals surface area contributed by atoms with Crippen LogP contribution in [0.4, 0.5) is 0 Å². The highest BCUT2D eigenvalue weighted by Gasteiger charge is 2.00. The molecule has 64 valence electrons. The molecule has 1 atom stereocenters. The molecule has 0 saturated carbocycles. The molecule has 0 aromatic carbocycles. The zero-order chi connectivity index (χ0) is 8.78. The molecule has 10 heavy (non-hydrogen) atoms. The van der Waals surface area contributed by atoms with Gasteiger partial charge in [-0.15, -0.1) is 0 Å². The van der Waals surface area contributed by atoms with Gasteiger partial charge in [-0.05, 0) is 13.3 Å². The highest BCUT2D eigenvalue weighted by Crippen LogP contribution is 2.25. The molecule has 0 aromatic rings. The minimum Gasteiger partial charge on any atom is -0.328 e. The highest BCUT2D eigenvalue weighted by molar-refractivity contribution is 7.45. The van der Waals surface area contributed by atoms with Gasteiger partial charge in [0.2, 0.25) is 0 Å². The minimum absolute atomic E-state index is 0.384. The second-order valence-corrected chi connectivity index (χ2v) is 2.93. The maximum Gasteiger partial charge on any atom is 0.466 e. The molecule has 0 aliphatic rings. The Labute approximate surface area is 60.1 Å². The van der Waals surface area contributed by atoms with Crippen LogP contribution in [0.5, 0.6) is 0 Å². The Bertz CT molecular complexity index is 102. The molecule has 0 heterocycles. The maximum absolute atomic E-state index is 8.88. The quantitative estimate of drug-likeness (QED) is 0.409. The Morgan fingerprint density at radius 2 is 1.60 bits per heavy atom. The van der Waals surface area contributed by atoms with Gasteiger partial charge in [0, 0.05) is 6.04 Å². The molecule has 6 heteroatoms. The van der Waals surface area contributed by atoms with E-state index < -0.39 is 7.82 Å².